The van der Waals surface area contributed by atoms with Gasteiger partial charge in [0.05, 0.1) is 81.4 Å². The maximum atomic E-state index is 12.9. The number of hydrogen-bond acceptors (Lipinski definition) is 20. The molecule has 8 heterocycles. The van der Waals surface area contributed by atoms with Crippen LogP contribution in [-0.4, -0.2) is 128 Å². The van der Waals surface area contributed by atoms with Gasteiger partial charge in [0.15, 0.2) is 5.75 Å². The number of nitrogens with zero attached hydrogens (tertiary/aromatic N) is 11. The number of methoxy groups -OCH3 is 4. The molecule has 0 spiro atoms. The van der Waals surface area contributed by atoms with Gasteiger partial charge in [0, 0.05) is 73.1 Å². The van der Waals surface area contributed by atoms with Gasteiger partial charge in [-0.15, -0.1) is 0 Å². The predicted octanol–water partition coefficient (Wildman–Crippen LogP) is 23.5. The third-order valence-electron chi connectivity index (χ3n) is 13.8. The average molecular weight is 2020 g/mol. The summed E-state index contributed by atoms with van der Waals surface area (Å²) in [6.45, 7) is 9.89. The minimum atomic E-state index is -4.45. The van der Waals surface area contributed by atoms with E-state index in [0.717, 1.165) is 81.7 Å². The number of pyridine rings is 6. The number of aromatic amines is 1. The van der Waals surface area contributed by atoms with E-state index in [1.165, 1.54) is 77.1 Å². The van der Waals surface area contributed by atoms with Gasteiger partial charge < -0.3 is 39.2 Å². The fourth-order valence-electron chi connectivity index (χ4n) is 8.49. The molecule has 12 aromatic rings. The molecule has 0 radical (unpaired) electrons. The molecule has 12 rings (SSSR count). The molecular formula is C80H96BBr5F12N12O10. The lowest BCUT2D eigenvalue weighted by molar-refractivity contribution is -0.237. The summed E-state index contributed by atoms with van der Waals surface area (Å²) in [5.74, 6) is 2.46. The van der Waals surface area contributed by atoms with E-state index in [-0.39, 0.29) is 61.5 Å². The second-order valence-corrected chi connectivity index (χ2v) is 24.2. The fraction of sp³-hybridized carbons (Fsp3) is 0.275. The normalized spacial score (nSPS) is 10.0. The summed E-state index contributed by atoms with van der Waals surface area (Å²) in [6.07, 6.45) is -10.3. The van der Waals surface area contributed by atoms with Gasteiger partial charge in [0.2, 0.25) is 0 Å². The van der Waals surface area contributed by atoms with Crippen LogP contribution in [0.1, 0.15) is 108 Å². The molecule has 0 amide bonds. The van der Waals surface area contributed by atoms with E-state index >= 15 is 0 Å². The Balaban J connectivity index is -0.000000651. The van der Waals surface area contributed by atoms with Crippen LogP contribution in [0.25, 0.3) is 33.8 Å². The molecule has 0 fully saturated rings. The summed E-state index contributed by atoms with van der Waals surface area (Å²) in [7, 11) is 4.12. The van der Waals surface area contributed by atoms with Crippen molar-refractivity contribution >= 4 is 88.6 Å². The Kier molecular flexibility index (Phi) is 57.4. The average Bonchev–Trinajstić information content (AvgIpc) is 0.915. The molecule has 0 unspecified atom stereocenters. The van der Waals surface area contributed by atoms with E-state index in [2.05, 4.69) is 136 Å². The number of rotatable bonds is 12. The summed E-state index contributed by atoms with van der Waals surface area (Å²) in [6, 6.07) is 39.8. The smallest absolute Gasteiger partial charge is 0.488 e. The number of nitrogens with one attached hydrogen (secondary N) is 1. The third-order valence-corrected chi connectivity index (χ3v) is 15.5. The minimum absolute atomic E-state index is 0. The van der Waals surface area contributed by atoms with Gasteiger partial charge in [0.1, 0.15) is 80.3 Å². The van der Waals surface area contributed by atoms with Crippen LogP contribution in [0.3, 0.4) is 0 Å². The summed E-state index contributed by atoms with van der Waals surface area (Å²) in [5, 5.41) is 52.7. The molecule has 0 aliphatic carbocycles. The minimum Gasteiger partial charge on any atom is -0.506 e. The van der Waals surface area contributed by atoms with Crippen molar-refractivity contribution in [3.8, 4) is 68.3 Å². The Labute approximate surface area is 731 Å². The summed E-state index contributed by atoms with van der Waals surface area (Å²) >= 11 is 15.1. The zero-order chi connectivity index (χ0) is 85.4. The molecular weight excluding hydrogens is 1930 g/mol. The molecule has 0 saturated heterocycles. The lowest BCUT2D eigenvalue weighted by Gasteiger charge is -2.12. The molecule has 120 heavy (non-hydrogen) atoms. The van der Waals surface area contributed by atoms with Crippen molar-refractivity contribution in [2.24, 2.45) is 0 Å². The highest BCUT2D eigenvalue weighted by Crippen LogP contribution is 2.38. The molecule has 0 atom stereocenters. The Morgan fingerprint density at radius 3 is 1.18 bits per heavy atom. The SMILES string of the molecule is BrBr.C.C.C.C.C.C.CCOO.COc1ccc(C)nc1-c1cccc(C(F)(F)F)c1.COc1ccc(C)nc1Br.COc1ccc(CBr)nc1-c1cccc(C(F)(F)F)c1.COc1ccc(Cn2cncn2)nc1-c1cccc(C(F)(F)F)c1.Cc1ccc(O)c(Br)n1.Cc1ccc(O)cn1.OB(O)c1cccc(C(F)(F)F)c1.c1nc[nH]n1. The van der Waals surface area contributed by atoms with Crippen LogP contribution in [0, 0.1) is 27.7 Å². The molecule has 0 aliphatic heterocycles. The molecule has 8 aromatic heterocycles. The van der Waals surface area contributed by atoms with Crippen LogP contribution in [0.5, 0.6) is 34.5 Å². The fourth-order valence-corrected chi connectivity index (χ4v) is 9.79. The second-order valence-electron chi connectivity index (χ2n) is 22.1. The number of alkyl halides is 13. The molecule has 0 saturated carbocycles. The van der Waals surface area contributed by atoms with Gasteiger partial charge in [-0.1, -0.05) is 121 Å². The Bertz CT molecular complexity index is 4750. The van der Waals surface area contributed by atoms with Crippen LogP contribution in [0.15, 0.2) is 211 Å². The number of aromatic hydroxyl groups is 2. The number of aromatic nitrogens is 12. The third kappa shape index (κ3) is 42.0. The van der Waals surface area contributed by atoms with Crippen LogP contribution in [-0.2, 0) is 41.5 Å². The van der Waals surface area contributed by atoms with Crippen LogP contribution < -0.4 is 24.4 Å². The number of ether oxygens (including phenoxy) is 4. The van der Waals surface area contributed by atoms with Gasteiger partial charge in [0.25, 0.3) is 0 Å². The molecule has 0 aliphatic rings. The highest BCUT2D eigenvalue weighted by atomic mass is 80.9. The molecule has 658 valence electrons. The van der Waals surface area contributed by atoms with Crippen molar-refractivity contribution < 1.29 is 102 Å². The van der Waals surface area contributed by atoms with E-state index in [4.69, 9.17) is 44.5 Å². The van der Waals surface area contributed by atoms with Crippen molar-refractivity contribution in [2.45, 2.75) is 116 Å². The Morgan fingerprint density at radius 1 is 0.458 bits per heavy atom. The largest absolute Gasteiger partial charge is 0.506 e. The van der Waals surface area contributed by atoms with Gasteiger partial charge in [-0.3, -0.25) is 15.3 Å². The van der Waals surface area contributed by atoms with Gasteiger partial charge >= 0.3 is 31.8 Å². The Hall–Kier alpha value is -9.68. The highest BCUT2D eigenvalue weighted by Gasteiger charge is 2.34. The summed E-state index contributed by atoms with van der Waals surface area (Å²) in [4.78, 5) is 35.8. The van der Waals surface area contributed by atoms with E-state index in [9.17, 15) is 52.7 Å². The van der Waals surface area contributed by atoms with E-state index in [1.807, 2.05) is 32.9 Å². The summed E-state index contributed by atoms with van der Waals surface area (Å²) in [5.41, 5.74) is 3.91. The van der Waals surface area contributed by atoms with Gasteiger partial charge in [-0.05, 0) is 181 Å². The predicted molar refractivity (Wildman–Crippen MR) is 463 cm³/mol. The second kappa shape index (κ2) is 59.1. The first-order valence-electron chi connectivity index (χ1n) is 32.2. The maximum absolute atomic E-state index is 12.9. The van der Waals surface area contributed by atoms with Crippen LogP contribution in [0.4, 0.5) is 52.7 Å². The number of aryl methyl sites for hydroxylation is 4. The first-order valence-corrected chi connectivity index (χ1v) is 38.7. The van der Waals surface area contributed by atoms with Crippen LogP contribution in [0.2, 0.25) is 0 Å². The van der Waals surface area contributed by atoms with Crippen molar-refractivity contribution in [3.05, 3.63) is 267 Å². The zero-order valence-electron chi connectivity index (χ0n) is 61.4. The molecule has 22 nitrogen and oxygen atoms in total. The number of benzene rings is 4. The number of H-pyrrole nitrogens is 1. The molecule has 6 N–H and O–H groups in total. The van der Waals surface area contributed by atoms with E-state index < -0.39 is 54.1 Å². The quantitative estimate of drug-likeness (QED) is 0.0165. The topological polar surface area (TPSA) is 297 Å². The molecule has 0 bridgehead atoms. The standard InChI is InChI=1S/C16H13F3N4O.C14H11BrF3NO.C14H12F3NO.C7H6BF3O2.C7H8BrNO.C6H6BrNO.C6H7NO.C2H3N3.C2H6O2.6CH4.Br2/c1-24-14-6-5-13(8-23-10-20-9-21-23)22-15(14)11-3-2-4-12(7-11)16(17,18)19;1-20-12-6-5-11(8-15)19-13(12)9-3-2-4-10(7-9)14(16,17)18;1-9-6-7-12(19-2)13(18-9)10-4-3-5-11(8-10)14(15,16)17;9-7(10,11)5-2-1-3-6(4-5)8(12)13;1-5-3-4-6(10-2)7(8)9-5;1-4-2-3-5(9)6(7)8-4;1-5-2-3-6(8)4-7-5;1-3-2-5-4-1;1-2-4-3;;;;;;;1-2/h2-7,9-10H,8H2,1H3;2-7H,8H2,1H3;3-8H,1-2H3;1-4,12-13H;3-4H,1-2H3;2-3,9H,1H3;2-4,8H,1H3;1-2H,(H,3,4,5);3H,2H2,1H3;6*1H4;. The number of hydrogen-bond donors (Lipinski definition) is 6. The van der Waals surface area contributed by atoms with Crippen molar-refractivity contribution in [1.29, 1.82) is 0 Å². The lowest BCUT2D eigenvalue weighted by atomic mass is 9.79. The Morgan fingerprint density at radius 2 is 0.842 bits per heavy atom. The van der Waals surface area contributed by atoms with Crippen LogP contribution >= 0.6 is 76.0 Å². The monoisotopic (exact) mass is 2020 g/mol. The molecule has 4 aromatic carbocycles. The van der Waals surface area contributed by atoms with Crippen molar-refractivity contribution in [3.63, 3.8) is 0 Å². The van der Waals surface area contributed by atoms with E-state index in [1.54, 1.807) is 105 Å². The van der Waals surface area contributed by atoms with Gasteiger partial charge in [-0.25, -0.2) is 44.5 Å². The van der Waals surface area contributed by atoms with E-state index in [0.29, 0.717) is 91.6 Å². The lowest BCUT2D eigenvalue weighted by Crippen LogP contribution is -2.30. The first kappa shape index (κ1) is 117. The summed E-state index contributed by atoms with van der Waals surface area (Å²) < 4.78 is 175. The van der Waals surface area contributed by atoms with Crippen molar-refractivity contribution in [1.82, 2.24) is 59.8 Å². The van der Waals surface area contributed by atoms with Gasteiger partial charge in [-0.2, -0.15) is 62.9 Å². The van der Waals surface area contributed by atoms with Crippen molar-refractivity contribution in [2.75, 3.05) is 35.0 Å². The molecule has 40 heteroatoms. The number of halogens is 17. The first-order chi connectivity index (χ1) is 53.9. The maximum Gasteiger partial charge on any atom is 0.488 e. The zero-order valence-corrected chi connectivity index (χ0v) is 69.3. The highest BCUT2D eigenvalue weighted by molar-refractivity contribution is 9.93.